The van der Waals surface area contributed by atoms with Crippen LogP contribution in [0.1, 0.15) is 30.1 Å². The Hall–Kier alpha value is -2.48. The van der Waals surface area contributed by atoms with Crippen molar-refractivity contribution < 1.29 is 18.3 Å². The van der Waals surface area contributed by atoms with E-state index < -0.39 is 18.0 Å². The normalized spacial score (nSPS) is 22.0. The fourth-order valence-electron chi connectivity index (χ4n) is 3.83. The molecule has 27 heavy (non-hydrogen) atoms. The third-order valence-electron chi connectivity index (χ3n) is 5.22. The van der Waals surface area contributed by atoms with E-state index in [4.69, 9.17) is 4.74 Å². The van der Waals surface area contributed by atoms with Crippen LogP contribution in [0.15, 0.2) is 36.8 Å². The molecule has 1 unspecified atom stereocenters. The summed E-state index contributed by atoms with van der Waals surface area (Å²) >= 11 is 0. The zero-order valence-electron chi connectivity index (χ0n) is 15.1. The molecule has 0 saturated heterocycles. The van der Waals surface area contributed by atoms with Crippen LogP contribution in [0, 0.1) is 0 Å². The van der Waals surface area contributed by atoms with Gasteiger partial charge in [-0.3, -0.25) is 9.69 Å². The predicted octanol–water partition coefficient (Wildman–Crippen LogP) is 2.36. The maximum atomic E-state index is 13.1. The molecule has 0 spiro atoms. The molecule has 1 aromatic carbocycles. The summed E-state index contributed by atoms with van der Waals surface area (Å²) in [5.74, 6) is -2.09. The number of hydrogen-bond acceptors (Lipinski definition) is 4. The largest absolute Gasteiger partial charge is 0.496 e. The molecule has 1 fully saturated rings. The van der Waals surface area contributed by atoms with E-state index in [9.17, 15) is 13.6 Å². The number of nitrogens with zero attached hydrogens (tertiary/aromatic N) is 3. The number of halogens is 2. The lowest BCUT2D eigenvalue weighted by Crippen LogP contribution is -2.53. The highest BCUT2D eigenvalue weighted by Crippen LogP contribution is 2.37. The van der Waals surface area contributed by atoms with Crippen molar-refractivity contribution in [3.8, 4) is 5.75 Å². The molecule has 1 saturated carbocycles. The second-order valence-electron chi connectivity index (χ2n) is 7.26. The third kappa shape index (κ3) is 3.66. The van der Waals surface area contributed by atoms with Gasteiger partial charge in [-0.05, 0) is 6.07 Å². The van der Waals surface area contributed by atoms with Crippen molar-refractivity contribution in [1.29, 1.82) is 0 Å². The minimum absolute atomic E-state index is 0.237. The Morgan fingerprint density at radius 2 is 2.15 bits per heavy atom. The average Bonchev–Trinajstić information content (AvgIpc) is 3.08. The van der Waals surface area contributed by atoms with E-state index in [-0.39, 0.29) is 18.7 Å². The van der Waals surface area contributed by atoms with Crippen LogP contribution < -0.4 is 10.1 Å². The molecular formula is C19H22F2N4O2. The van der Waals surface area contributed by atoms with Crippen LogP contribution in [0.5, 0.6) is 5.75 Å². The SMILES string of the molecule is COc1ccccc1CN1Cc2cncn2C(C(=O)NC2CC(F)(F)C2)C1. The number of rotatable bonds is 5. The lowest BCUT2D eigenvalue weighted by atomic mass is 9.88. The van der Waals surface area contributed by atoms with Crippen molar-refractivity contribution in [2.24, 2.45) is 0 Å². The summed E-state index contributed by atoms with van der Waals surface area (Å²) in [5.41, 5.74) is 1.96. The van der Waals surface area contributed by atoms with Gasteiger partial charge in [0.1, 0.15) is 11.8 Å². The molecular weight excluding hydrogens is 354 g/mol. The Bertz CT molecular complexity index is 831. The molecule has 1 amide bonds. The molecule has 1 N–H and O–H groups in total. The van der Waals surface area contributed by atoms with Gasteiger partial charge in [0.15, 0.2) is 0 Å². The molecule has 2 aromatic rings. The maximum Gasteiger partial charge on any atom is 0.252 e. The number of fused-ring (bicyclic) bond motifs is 1. The lowest BCUT2D eigenvalue weighted by Gasteiger charge is -2.38. The molecule has 4 rings (SSSR count). The van der Waals surface area contributed by atoms with Gasteiger partial charge in [0.2, 0.25) is 5.91 Å². The lowest BCUT2D eigenvalue weighted by molar-refractivity contribution is -0.133. The van der Waals surface area contributed by atoms with Crippen LogP contribution in [-0.2, 0) is 17.9 Å². The van der Waals surface area contributed by atoms with Crippen LogP contribution >= 0.6 is 0 Å². The van der Waals surface area contributed by atoms with Gasteiger partial charge in [-0.15, -0.1) is 0 Å². The number of para-hydroxylation sites is 1. The summed E-state index contributed by atoms with van der Waals surface area (Å²) in [6.45, 7) is 1.76. The third-order valence-corrected chi connectivity index (χ3v) is 5.22. The topological polar surface area (TPSA) is 59.4 Å². The van der Waals surface area contributed by atoms with Crippen LogP contribution in [0.25, 0.3) is 0 Å². The number of nitrogens with one attached hydrogen (secondary N) is 1. The van der Waals surface area contributed by atoms with Gasteiger partial charge in [0.05, 0.1) is 19.1 Å². The van der Waals surface area contributed by atoms with E-state index >= 15 is 0 Å². The van der Waals surface area contributed by atoms with Crippen molar-refractivity contribution in [1.82, 2.24) is 19.8 Å². The summed E-state index contributed by atoms with van der Waals surface area (Å²) in [6, 6.07) is 6.83. The molecule has 6 nitrogen and oxygen atoms in total. The number of benzene rings is 1. The smallest absolute Gasteiger partial charge is 0.252 e. The summed E-state index contributed by atoms with van der Waals surface area (Å²) in [5, 5.41) is 2.76. The Kier molecular flexibility index (Phi) is 4.59. The molecule has 144 valence electrons. The first-order valence-electron chi connectivity index (χ1n) is 8.98. The second-order valence-corrected chi connectivity index (χ2v) is 7.26. The quantitative estimate of drug-likeness (QED) is 0.870. The number of hydrogen-bond donors (Lipinski definition) is 1. The van der Waals surface area contributed by atoms with E-state index in [1.165, 1.54) is 0 Å². The summed E-state index contributed by atoms with van der Waals surface area (Å²) in [4.78, 5) is 19.0. The molecule has 1 atom stereocenters. The highest BCUT2D eigenvalue weighted by molar-refractivity contribution is 5.81. The van der Waals surface area contributed by atoms with Gasteiger partial charge in [0.25, 0.3) is 5.92 Å². The molecule has 0 radical (unpaired) electrons. The number of carbonyl (C=O) groups excluding carboxylic acids is 1. The van der Waals surface area contributed by atoms with E-state index in [1.54, 1.807) is 19.6 Å². The zero-order chi connectivity index (χ0) is 19.0. The first-order chi connectivity index (χ1) is 12.9. The predicted molar refractivity (Wildman–Crippen MR) is 94.5 cm³/mol. The number of carbonyl (C=O) groups is 1. The summed E-state index contributed by atoms with van der Waals surface area (Å²) in [6.07, 6.45) is 2.81. The fraction of sp³-hybridized carbons (Fsp3) is 0.474. The van der Waals surface area contributed by atoms with Gasteiger partial charge >= 0.3 is 0 Å². The van der Waals surface area contributed by atoms with Crippen molar-refractivity contribution in [3.05, 3.63) is 48.0 Å². The Balaban J connectivity index is 1.48. The van der Waals surface area contributed by atoms with Gasteiger partial charge in [-0.1, -0.05) is 18.2 Å². The average molecular weight is 376 g/mol. The molecule has 2 heterocycles. The van der Waals surface area contributed by atoms with E-state index in [0.29, 0.717) is 19.6 Å². The van der Waals surface area contributed by atoms with Crippen molar-refractivity contribution >= 4 is 5.91 Å². The minimum atomic E-state index is -2.65. The van der Waals surface area contributed by atoms with Gasteiger partial charge in [-0.25, -0.2) is 13.8 Å². The summed E-state index contributed by atoms with van der Waals surface area (Å²) < 4.78 is 33.4. The van der Waals surface area contributed by atoms with Crippen LogP contribution in [-0.4, -0.2) is 46.0 Å². The number of aromatic nitrogens is 2. The fourth-order valence-corrected chi connectivity index (χ4v) is 3.83. The first-order valence-corrected chi connectivity index (χ1v) is 8.98. The second kappa shape index (κ2) is 6.92. The molecule has 1 aliphatic heterocycles. The number of imidazole rings is 1. The van der Waals surface area contributed by atoms with E-state index in [0.717, 1.165) is 17.0 Å². The Morgan fingerprint density at radius 1 is 1.37 bits per heavy atom. The van der Waals surface area contributed by atoms with E-state index in [1.807, 2.05) is 28.8 Å². The van der Waals surface area contributed by atoms with Gasteiger partial charge in [0, 0.05) is 50.3 Å². The molecule has 1 aliphatic carbocycles. The number of ether oxygens (including phenoxy) is 1. The van der Waals surface area contributed by atoms with E-state index in [2.05, 4.69) is 15.2 Å². The monoisotopic (exact) mass is 376 g/mol. The number of amides is 1. The standard InChI is InChI=1S/C19H22F2N4O2/c1-27-17-5-3-2-4-13(17)9-24-10-15-8-22-12-25(15)16(11-24)18(26)23-14-6-19(20,21)7-14/h2-5,8,12,14,16H,6-7,9-11H2,1H3,(H,23,26). The number of methoxy groups -OCH3 is 1. The van der Waals surface area contributed by atoms with Crippen molar-refractivity contribution in [3.63, 3.8) is 0 Å². The van der Waals surface area contributed by atoms with Crippen LogP contribution in [0.4, 0.5) is 8.78 Å². The molecule has 0 bridgehead atoms. The van der Waals surface area contributed by atoms with Crippen molar-refractivity contribution in [2.45, 2.75) is 43.9 Å². The zero-order valence-corrected chi connectivity index (χ0v) is 15.1. The van der Waals surface area contributed by atoms with Crippen LogP contribution in [0.2, 0.25) is 0 Å². The molecule has 1 aromatic heterocycles. The highest BCUT2D eigenvalue weighted by Gasteiger charge is 2.46. The molecule has 8 heteroatoms. The number of alkyl halides is 2. The van der Waals surface area contributed by atoms with Crippen LogP contribution in [0.3, 0.4) is 0 Å². The van der Waals surface area contributed by atoms with Gasteiger partial charge in [-0.2, -0.15) is 0 Å². The van der Waals surface area contributed by atoms with Gasteiger partial charge < -0.3 is 14.6 Å². The summed E-state index contributed by atoms with van der Waals surface area (Å²) in [7, 11) is 1.63. The Labute approximate surface area is 156 Å². The molecule has 2 aliphatic rings. The maximum absolute atomic E-state index is 13.1. The highest BCUT2D eigenvalue weighted by atomic mass is 19.3. The first kappa shape index (κ1) is 17.9. The minimum Gasteiger partial charge on any atom is -0.496 e. The van der Waals surface area contributed by atoms with Crippen molar-refractivity contribution in [2.75, 3.05) is 13.7 Å². The Morgan fingerprint density at radius 3 is 2.89 bits per heavy atom.